The highest BCUT2D eigenvalue weighted by atomic mass is 35.5. The van der Waals surface area contributed by atoms with Crippen molar-refractivity contribution in [3.8, 4) is 11.4 Å². The van der Waals surface area contributed by atoms with E-state index in [-0.39, 0.29) is 5.82 Å². The van der Waals surface area contributed by atoms with Crippen LogP contribution in [0, 0.1) is 5.82 Å². The fourth-order valence-corrected chi connectivity index (χ4v) is 3.08. The van der Waals surface area contributed by atoms with Gasteiger partial charge in [-0.25, -0.2) is 14.4 Å². The summed E-state index contributed by atoms with van der Waals surface area (Å²) in [5.74, 6) is 1.19. The van der Waals surface area contributed by atoms with E-state index in [1.807, 2.05) is 54.6 Å². The molecule has 0 amide bonds. The number of hydrogen-bond acceptors (Lipinski definition) is 3. The fourth-order valence-electron chi connectivity index (χ4n) is 2.96. The van der Waals surface area contributed by atoms with Crippen molar-refractivity contribution in [2.45, 2.75) is 6.42 Å². The van der Waals surface area contributed by atoms with Gasteiger partial charge >= 0.3 is 0 Å². The van der Waals surface area contributed by atoms with Gasteiger partial charge < -0.3 is 5.32 Å². The van der Waals surface area contributed by atoms with Crippen molar-refractivity contribution in [3.63, 3.8) is 0 Å². The number of anilines is 1. The first-order valence-corrected chi connectivity index (χ1v) is 9.08. The van der Waals surface area contributed by atoms with Crippen LogP contribution in [0.15, 0.2) is 72.8 Å². The Labute approximate surface area is 161 Å². The molecular weight excluding hydrogens is 361 g/mol. The number of fused-ring (bicyclic) bond motifs is 1. The predicted molar refractivity (Wildman–Crippen MR) is 109 cm³/mol. The molecule has 0 bridgehead atoms. The molecule has 3 nitrogen and oxygen atoms in total. The van der Waals surface area contributed by atoms with Gasteiger partial charge in [0, 0.05) is 22.5 Å². The van der Waals surface area contributed by atoms with Crippen molar-refractivity contribution >= 4 is 28.3 Å². The molecule has 0 atom stereocenters. The second kappa shape index (κ2) is 7.72. The van der Waals surface area contributed by atoms with Crippen LogP contribution < -0.4 is 5.32 Å². The normalized spacial score (nSPS) is 10.9. The van der Waals surface area contributed by atoms with Crippen molar-refractivity contribution < 1.29 is 4.39 Å². The third-order valence-electron chi connectivity index (χ3n) is 4.30. The lowest BCUT2D eigenvalue weighted by Gasteiger charge is -2.11. The summed E-state index contributed by atoms with van der Waals surface area (Å²) in [5, 5.41) is 5.00. The minimum Gasteiger partial charge on any atom is -0.369 e. The van der Waals surface area contributed by atoms with Crippen LogP contribution in [0.1, 0.15) is 5.56 Å². The van der Waals surface area contributed by atoms with Gasteiger partial charge in [0.25, 0.3) is 0 Å². The standard InChI is InChI=1S/C22H17ClFN3/c23-17-10-8-16(9-11-17)21-26-20-7-2-1-6-19(20)22(27-21)25-13-12-15-4-3-5-18(24)14-15/h1-11,14H,12-13H2,(H,25,26,27). The zero-order valence-electron chi connectivity index (χ0n) is 14.5. The molecule has 0 radical (unpaired) electrons. The summed E-state index contributed by atoms with van der Waals surface area (Å²) in [6.07, 6.45) is 0.701. The average Bonchev–Trinajstić information content (AvgIpc) is 2.68. The molecule has 4 rings (SSSR count). The Bertz CT molecular complexity index is 1080. The predicted octanol–water partition coefficient (Wildman–Crippen LogP) is 5.74. The largest absolute Gasteiger partial charge is 0.369 e. The summed E-state index contributed by atoms with van der Waals surface area (Å²) in [5.41, 5.74) is 2.71. The Hall–Kier alpha value is -2.98. The number of benzene rings is 3. The second-order valence-corrected chi connectivity index (χ2v) is 6.66. The van der Waals surface area contributed by atoms with Crippen LogP contribution in [0.25, 0.3) is 22.3 Å². The Morgan fingerprint density at radius 3 is 2.52 bits per heavy atom. The zero-order chi connectivity index (χ0) is 18.6. The first-order chi connectivity index (χ1) is 13.2. The zero-order valence-corrected chi connectivity index (χ0v) is 15.2. The van der Waals surface area contributed by atoms with Gasteiger partial charge in [0.2, 0.25) is 0 Å². The minimum absolute atomic E-state index is 0.218. The van der Waals surface area contributed by atoms with Crippen LogP contribution in [0.2, 0.25) is 5.02 Å². The van der Waals surface area contributed by atoms with Crippen molar-refractivity contribution in [2.75, 3.05) is 11.9 Å². The molecule has 0 saturated heterocycles. The van der Waals surface area contributed by atoms with E-state index in [4.69, 9.17) is 16.6 Å². The molecule has 5 heteroatoms. The molecule has 0 fully saturated rings. The van der Waals surface area contributed by atoms with E-state index in [9.17, 15) is 4.39 Å². The molecule has 0 unspecified atom stereocenters. The summed E-state index contributed by atoms with van der Waals surface area (Å²) in [7, 11) is 0. The van der Waals surface area contributed by atoms with Gasteiger partial charge in [-0.2, -0.15) is 0 Å². The van der Waals surface area contributed by atoms with Gasteiger partial charge in [0.1, 0.15) is 11.6 Å². The van der Waals surface area contributed by atoms with Crippen LogP contribution >= 0.6 is 11.6 Å². The number of nitrogens with zero attached hydrogens (tertiary/aromatic N) is 2. The van der Waals surface area contributed by atoms with Gasteiger partial charge in [0.15, 0.2) is 5.82 Å². The van der Waals surface area contributed by atoms with E-state index in [1.54, 1.807) is 12.1 Å². The third kappa shape index (κ3) is 4.07. The number of para-hydroxylation sites is 1. The van der Waals surface area contributed by atoms with Gasteiger partial charge in [0.05, 0.1) is 5.52 Å². The van der Waals surface area contributed by atoms with E-state index >= 15 is 0 Å². The highest BCUT2D eigenvalue weighted by molar-refractivity contribution is 6.30. The maximum atomic E-state index is 13.3. The smallest absolute Gasteiger partial charge is 0.162 e. The molecule has 134 valence electrons. The van der Waals surface area contributed by atoms with Gasteiger partial charge in [-0.05, 0) is 60.5 Å². The number of hydrogen-bond donors (Lipinski definition) is 1. The van der Waals surface area contributed by atoms with E-state index in [0.717, 1.165) is 27.8 Å². The summed E-state index contributed by atoms with van der Waals surface area (Å²) in [6.45, 7) is 0.643. The number of halogens is 2. The Morgan fingerprint density at radius 2 is 1.70 bits per heavy atom. The second-order valence-electron chi connectivity index (χ2n) is 6.23. The lowest BCUT2D eigenvalue weighted by atomic mass is 10.1. The van der Waals surface area contributed by atoms with E-state index in [1.165, 1.54) is 6.07 Å². The first-order valence-electron chi connectivity index (χ1n) is 8.70. The Kier molecular flexibility index (Phi) is 4.99. The highest BCUT2D eigenvalue weighted by Gasteiger charge is 2.09. The summed E-state index contributed by atoms with van der Waals surface area (Å²) in [6, 6.07) is 22.0. The monoisotopic (exact) mass is 377 g/mol. The number of nitrogens with one attached hydrogen (secondary N) is 1. The molecular formula is C22H17ClFN3. The molecule has 0 aliphatic rings. The van der Waals surface area contributed by atoms with E-state index in [2.05, 4.69) is 10.3 Å². The highest BCUT2D eigenvalue weighted by Crippen LogP contribution is 2.25. The third-order valence-corrected chi connectivity index (χ3v) is 4.55. The van der Waals surface area contributed by atoms with Crippen LogP contribution in [-0.4, -0.2) is 16.5 Å². The number of rotatable bonds is 5. The van der Waals surface area contributed by atoms with Gasteiger partial charge in [-0.1, -0.05) is 35.9 Å². The molecule has 3 aromatic carbocycles. The lowest BCUT2D eigenvalue weighted by Crippen LogP contribution is -2.08. The van der Waals surface area contributed by atoms with Crippen LogP contribution in [-0.2, 0) is 6.42 Å². The van der Waals surface area contributed by atoms with Crippen molar-refractivity contribution in [1.29, 1.82) is 0 Å². The maximum absolute atomic E-state index is 13.3. The Morgan fingerprint density at radius 1 is 0.889 bits per heavy atom. The molecule has 0 spiro atoms. The summed E-state index contributed by atoms with van der Waals surface area (Å²) >= 11 is 5.98. The average molecular weight is 378 g/mol. The molecule has 0 aliphatic carbocycles. The van der Waals surface area contributed by atoms with Gasteiger partial charge in [-0.3, -0.25) is 0 Å². The van der Waals surface area contributed by atoms with Crippen molar-refractivity contribution in [3.05, 3.63) is 89.2 Å². The van der Waals surface area contributed by atoms with E-state index < -0.39 is 0 Å². The van der Waals surface area contributed by atoms with Crippen molar-refractivity contribution in [1.82, 2.24) is 9.97 Å². The van der Waals surface area contributed by atoms with E-state index in [0.29, 0.717) is 23.8 Å². The molecule has 4 aromatic rings. The van der Waals surface area contributed by atoms with Crippen LogP contribution in [0.3, 0.4) is 0 Å². The summed E-state index contributed by atoms with van der Waals surface area (Å²) < 4.78 is 13.3. The summed E-state index contributed by atoms with van der Waals surface area (Å²) in [4.78, 5) is 9.38. The fraction of sp³-hybridized carbons (Fsp3) is 0.0909. The topological polar surface area (TPSA) is 37.8 Å². The SMILES string of the molecule is Fc1cccc(CCNc2nc(-c3ccc(Cl)cc3)nc3ccccc23)c1. The first kappa shape index (κ1) is 17.4. The molecule has 27 heavy (non-hydrogen) atoms. The van der Waals surface area contributed by atoms with Gasteiger partial charge in [-0.15, -0.1) is 0 Å². The molecule has 0 aliphatic heterocycles. The van der Waals surface area contributed by atoms with Crippen molar-refractivity contribution in [2.24, 2.45) is 0 Å². The molecule has 1 heterocycles. The minimum atomic E-state index is -0.218. The molecule has 1 aromatic heterocycles. The van der Waals surface area contributed by atoms with Crippen LogP contribution in [0.5, 0.6) is 0 Å². The quantitative estimate of drug-likeness (QED) is 0.481. The lowest BCUT2D eigenvalue weighted by molar-refractivity contribution is 0.625. The number of aromatic nitrogens is 2. The molecule has 0 saturated carbocycles. The molecule has 1 N–H and O–H groups in total. The maximum Gasteiger partial charge on any atom is 0.162 e. The Balaban J connectivity index is 1.63. The van der Waals surface area contributed by atoms with Crippen LogP contribution in [0.4, 0.5) is 10.2 Å².